The van der Waals surface area contributed by atoms with E-state index in [4.69, 9.17) is 4.42 Å². The van der Waals surface area contributed by atoms with Crippen LogP contribution in [0.15, 0.2) is 77.6 Å². The zero-order chi connectivity index (χ0) is 22.4. The number of aliphatic hydroxyl groups is 1. The SMILES string of the molecule is OC1CC(Cn2ncc(-c3ncnc4oc(-c5ccccc5)cc34)c2-c2ccc(F)cc2)C1. The van der Waals surface area contributed by atoms with Crippen LogP contribution in [0.2, 0.25) is 0 Å². The molecule has 0 atom stereocenters. The molecule has 1 fully saturated rings. The van der Waals surface area contributed by atoms with Gasteiger partial charge in [0.2, 0.25) is 5.71 Å². The zero-order valence-corrected chi connectivity index (χ0v) is 17.7. The number of nitrogens with zero attached hydrogens (tertiary/aromatic N) is 4. The Kier molecular flexibility index (Phi) is 4.77. The Labute approximate surface area is 189 Å². The topological polar surface area (TPSA) is 77.0 Å². The number of hydrogen-bond acceptors (Lipinski definition) is 5. The largest absolute Gasteiger partial charge is 0.438 e. The van der Waals surface area contributed by atoms with Crippen LogP contribution in [0.4, 0.5) is 4.39 Å². The average molecular weight is 440 g/mol. The van der Waals surface area contributed by atoms with Crippen molar-refractivity contribution in [2.75, 3.05) is 0 Å². The van der Waals surface area contributed by atoms with E-state index in [0.29, 0.717) is 29.6 Å². The molecule has 0 bridgehead atoms. The van der Waals surface area contributed by atoms with Crippen molar-refractivity contribution in [1.29, 1.82) is 0 Å². The summed E-state index contributed by atoms with van der Waals surface area (Å²) in [5.74, 6) is 0.780. The number of halogens is 1. The smallest absolute Gasteiger partial charge is 0.230 e. The van der Waals surface area contributed by atoms with E-state index in [2.05, 4.69) is 15.1 Å². The van der Waals surface area contributed by atoms with Gasteiger partial charge in [0.1, 0.15) is 17.9 Å². The maximum Gasteiger partial charge on any atom is 0.230 e. The van der Waals surface area contributed by atoms with Crippen LogP contribution in [0.3, 0.4) is 0 Å². The molecule has 1 aliphatic rings. The van der Waals surface area contributed by atoms with Crippen LogP contribution >= 0.6 is 0 Å². The first-order chi connectivity index (χ1) is 16.2. The molecule has 2 aromatic carbocycles. The molecule has 0 aliphatic heterocycles. The number of fused-ring (bicyclic) bond motifs is 1. The molecule has 33 heavy (non-hydrogen) atoms. The summed E-state index contributed by atoms with van der Waals surface area (Å²) in [4.78, 5) is 8.92. The highest BCUT2D eigenvalue weighted by Gasteiger charge is 2.29. The maximum absolute atomic E-state index is 13.7. The molecule has 7 heteroatoms. The van der Waals surface area contributed by atoms with E-state index in [1.54, 1.807) is 18.3 Å². The van der Waals surface area contributed by atoms with Gasteiger partial charge in [-0.2, -0.15) is 5.10 Å². The van der Waals surface area contributed by atoms with E-state index < -0.39 is 0 Å². The second kappa shape index (κ2) is 7.94. The average Bonchev–Trinajstić information content (AvgIpc) is 3.44. The third kappa shape index (κ3) is 3.60. The lowest BCUT2D eigenvalue weighted by molar-refractivity contribution is 0.0339. The Morgan fingerprint density at radius 3 is 2.55 bits per heavy atom. The highest BCUT2D eigenvalue weighted by molar-refractivity contribution is 5.96. The molecule has 0 saturated heterocycles. The number of rotatable bonds is 5. The van der Waals surface area contributed by atoms with Gasteiger partial charge in [0.15, 0.2) is 0 Å². The summed E-state index contributed by atoms with van der Waals surface area (Å²) in [5.41, 5.74) is 4.71. The fourth-order valence-electron chi connectivity index (χ4n) is 4.52. The fraction of sp³-hybridized carbons (Fsp3) is 0.192. The van der Waals surface area contributed by atoms with Crippen molar-refractivity contribution in [3.8, 4) is 33.8 Å². The molecule has 5 aromatic rings. The number of furan rings is 1. The lowest BCUT2D eigenvalue weighted by atomic mass is 9.82. The van der Waals surface area contributed by atoms with Crippen molar-refractivity contribution < 1.29 is 13.9 Å². The van der Waals surface area contributed by atoms with Crippen LogP contribution in [-0.2, 0) is 6.54 Å². The van der Waals surface area contributed by atoms with Crippen molar-refractivity contribution >= 4 is 11.1 Å². The van der Waals surface area contributed by atoms with Crippen LogP contribution in [0.25, 0.3) is 44.9 Å². The Balaban J connectivity index is 1.49. The second-order valence-corrected chi connectivity index (χ2v) is 8.50. The molecule has 1 aliphatic carbocycles. The van der Waals surface area contributed by atoms with Gasteiger partial charge in [-0.05, 0) is 49.1 Å². The van der Waals surface area contributed by atoms with Gasteiger partial charge in [-0.25, -0.2) is 14.4 Å². The Hall–Kier alpha value is -3.84. The fourth-order valence-corrected chi connectivity index (χ4v) is 4.52. The van der Waals surface area contributed by atoms with Gasteiger partial charge < -0.3 is 9.52 Å². The first kappa shape index (κ1) is 19.8. The van der Waals surface area contributed by atoms with Crippen LogP contribution in [0.1, 0.15) is 12.8 Å². The van der Waals surface area contributed by atoms with E-state index >= 15 is 0 Å². The Morgan fingerprint density at radius 2 is 1.79 bits per heavy atom. The minimum absolute atomic E-state index is 0.233. The molecule has 1 N–H and O–H groups in total. The predicted octanol–water partition coefficient (Wildman–Crippen LogP) is 5.33. The standard InChI is InChI=1S/C26H21FN4O2/c27-19-8-6-18(7-9-19)25-22(13-30-31(25)14-16-10-20(32)11-16)24-21-12-23(17-4-2-1-3-5-17)33-26(21)29-15-28-24/h1-9,12-13,15-16,20,32H,10-11,14H2. The second-order valence-electron chi connectivity index (χ2n) is 8.50. The lowest BCUT2D eigenvalue weighted by Gasteiger charge is -2.31. The van der Waals surface area contributed by atoms with Gasteiger partial charge in [0, 0.05) is 23.2 Å². The normalized spacial score (nSPS) is 17.9. The van der Waals surface area contributed by atoms with Gasteiger partial charge in [-0.1, -0.05) is 30.3 Å². The summed E-state index contributed by atoms with van der Waals surface area (Å²) in [6, 6.07) is 18.2. The monoisotopic (exact) mass is 440 g/mol. The molecule has 3 heterocycles. The van der Waals surface area contributed by atoms with Crippen molar-refractivity contribution in [2.24, 2.45) is 5.92 Å². The number of aliphatic hydroxyl groups excluding tert-OH is 1. The van der Waals surface area contributed by atoms with Crippen molar-refractivity contribution in [2.45, 2.75) is 25.5 Å². The van der Waals surface area contributed by atoms with E-state index in [0.717, 1.165) is 40.6 Å². The Morgan fingerprint density at radius 1 is 1.00 bits per heavy atom. The highest BCUT2D eigenvalue weighted by Crippen LogP contribution is 2.38. The summed E-state index contributed by atoms with van der Waals surface area (Å²) >= 11 is 0. The van der Waals surface area contributed by atoms with Gasteiger partial charge in [-0.3, -0.25) is 4.68 Å². The summed E-state index contributed by atoms with van der Waals surface area (Å²) in [6.45, 7) is 0.679. The predicted molar refractivity (Wildman–Crippen MR) is 123 cm³/mol. The molecular weight excluding hydrogens is 419 g/mol. The molecule has 0 unspecified atom stereocenters. The number of benzene rings is 2. The third-order valence-electron chi connectivity index (χ3n) is 6.24. The number of aromatic nitrogens is 4. The van der Waals surface area contributed by atoms with E-state index in [-0.39, 0.29) is 11.9 Å². The molecule has 164 valence electrons. The summed E-state index contributed by atoms with van der Waals surface area (Å²) < 4.78 is 21.6. The highest BCUT2D eigenvalue weighted by atomic mass is 19.1. The molecule has 6 rings (SSSR count). The van der Waals surface area contributed by atoms with Gasteiger partial charge in [-0.15, -0.1) is 0 Å². The molecule has 0 amide bonds. The van der Waals surface area contributed by atoms with Crippen LogP contribution in [0, 0.1) is 11.7 Å². The minimum atomic E-state index is -0.291. The van der Waals surface area contributed by atoms with E-state index in [9.17, 15) is 9.50 Å². The van der Waals surface area contributed by atoms with Crippen LogP contribution in [0.5, 0.6) is 0 Å². The van der Waals surface area contributed by atoms with Gasteiger partial charge in [0.05, 0.1) is 29.1 Å². The third-order valence-corrected chi connectivity index (χ3v) is 6.24. The minimum Gasteiger partial charge on any atom is -0.438 e. The molecular formula is C26H21FN4O2. The molecule has 3 aromatic heterocycles. The van der Waals surface area contributed by atoms with Crippen LogP contribution in [-0.4, -0.2) is 31.0 Å². The van der Waals surface area contributed by atoms with Crippen molar-refractivity contribution in [3.63, 3.8) is 0 Å². The quantitative estimate of drug-likeness (QED) is 0.400. The number of hydrogen-bond donors (Lipinski definition) is 1. The zero-order valence-electron chi connectivity index (χ0n) is 17.7. The van der Waals surface area contributed by atoms with Crippen molar-refractivity contribution in [3.05, 3.63) is 79.0 Å². The van der Waals surface area contributed by atoms with Gasteiger partial charge >= 0.3 is 0 Å². The molecule has 0 spiro atoms. The Bertz CT molecular complexity index is 1420. The van der Waals surface area contributed by atoms with Crippen LogP contribution < -0.4 is 0 Å². The maximum atomic E-state index is 13.7. The van der Waals surface area contributed by atoms with Crippen molar-refractivity contribution in [1.82, 2.24) is 19.7 Å². The van der Waals surface area contributed by atoms with E-state index in [1.807, 2.05) is 41.1 Å². The van der Waals surface area contributed by atoms with E-state index in [1.165, 1.54) is 18.5 Å². The van der Waals surface area contributed by atoms with Gasteiger partial charge in [0.25, 0.3) is 0 Å². The molecule has 1 saturated carbocycles. The summed E-state index contributed by atoms with van der Waals surface area (Å²) in [6.07, 6.45) is 4.58. The molecule has 6 nitrogen and oxygen atoms in total. The first-order valence-electron chi connectivity index (χ1n) is 11.0. The summed E-state index contributed by atoms with van der Waals surface area (Å²) in [5, 5.41) is 15.2. The molecule has 0 radical (unpaired) electrons. The first-order valence-corrected chi connectivity index (χ1v) is 11.0. The summed E-state index contributed by atoms with van der Waals surface area (Å²) in [7, 11) is 0. The lowest BCUT2D eigenvalue weighted by Crippen LogP contribution is -2.31.